The zero-order valence-electron chi connectivity index (χ0n) is 17.0. The topological polar surface area (TPSA) is 108 Å². The van der Waals surface area contributed by atoms with Crippen LogP contribution in [0.3, 0.4) is 0 Å². The molecule has 1 aromatic heterocycles. The number of aromatic nitrogens is 1. The smallest absolute Gasteiger partial charge is 0.237 e. The van der Waals surface area contributed by atoms with Gasteiger partial charge in [-0.3, -0.25) is 0 Å². The van der Waals surface area contributed by atoms with E-state index in [1.165, 1.54) is 0 Å². The zero-order valence-corrected chi connectivity index (χ0v) is 17.0. The minimum Gasteiger partial charge on any atom is -0.491 e. The first-order valence-electron chi connectivity index (χ1n) is 10.00. The fourth-order valence-electron chi connectivity index (χ4n) is 2.92. The van der Waals surface area contributed by atoms with E-state index in [1.54, 1.807) is 30.5 Å². The molecule has 0 aliphatic carbocycles. The molecule has 3 aromatic rings. The molecule has 0 saturated heterocycles. The molecule has 3 N–H and O–H groups in total. The maximum absolute atomic E-state index is 10.1. The summed E-state index contributed by atoms with van der Waals surface area (Å²) in [5, 5.41) is 32.1. The number of benzene rings is 2. The monoisotopic (exact) mass is 419 g/mol. The van der Waals surface area contributed by atoms with Crippen LogP contribution in [0, 0.1) is 11.3 Å². The van der Waals surface area contributed by atoms with Crippen LogP contribution in [-0.4, -0.2) is 47.1 Å². The first kappa shape index (κ1) is 22.2. The Bertz CT molecular complexity index is 974. The molecular weight excluding hydrogens is 394 g/mol. The van der Waals surface area contributed by atoms with E-state index in [0.29, 0.717) is 30.0 Å². The van der Waals surface area contributed by atoms with Crippen molar-refractivity contribution in [2.75, 3.05) is 19.8 Å². The Kier molecular flexibility index (Phi) is 8.38. The molecular formula is C24H25N3O4. The summed E-state index contributed by atoms with van der Waals surface area (Å²) >= 11 is 0. The third-order valence-corrected chi connectivity index (χ3v) is 4.56. The molecule has 0 amide bonds. The van der Waals surface area contributed by atoms with Crippen molar-refractivity contribution in [3.63, 3.8) is 0 Å². The summed E-state index contributed by atoms with van der Waals surface area (Å²) in [6, 6.07) is 21.8. The second kappa shape index (κ2) is 11.7. The summed E-state index contributed by atoms with van der Waals surface area (Å²) in [7, 11) is 0. The molecule has 0 aliphatic heterocycles. The maximum atomic E-state index is 10.1. The first-order chi connectivity index (χ1) is 15.2. The molecule has 0 fully saturated rings. The molecule has 0 aliphatic rings. The molecule has 0 radical (unpaired) electrons. The van der Waals surface area contributed by atoms with Gasteiger partial charge in [-0.2, -0.15) is 5.26 Å². The maximum Gasteiger partial charge on any atom is 0.237 e. The van der Waals surface area contributed by atoms with Crippen LogP contribution in [0.5, 0.6) is 17.4 Å². The fraction of sp³-hybridized carbons (Fsp3) is 0.250. The van der Waals surface area contributed by atoms with Crippen LogP contribution in [0.2, 0.25) is 0 Å². The molecule has 3 rings (SSSR count). The molecule has 2 aromatic carbocycles. The lowest BCUT2D eigenvalue weighted by Gasteiger charge is -2.19. The molecule has 7 nitrogen and oxygen atoms in total. The van der Waals surface area contributed by atoms with E-state index in [2.05, 4.69) is 10.3 Å². The highest BCUT2D eigenvalue weighted by Crippen LogP contribution is 2.23. The summed E-state index contributed by atoms with van der Waals surface area (Å²) in [4.78, 5) is 4.08. The van der Waals surface area contributed by atoms with Crippen molar-refractivity contribution in [2.45, 2.75) is 18.6 Å². The number of nitriles is 1. The van der Waals surface area contributed by atoms with Gasteiger partial charge in [0.25, 0.3) is 0 Å². The summed E-state index contributed by atoms with van der Waals surface area (Å²) in [6.07, 6.45) is 1.45. The highest BCUT2D eigenvalue weighted by molar-refractivity contribution is 5.40. The van der Waals surface area contributed by atoms with Gasteiger partial charge < -0.3 is 25.0 Å². The predicted octanol–water partition coefficient (Wildman–Crippen LogP) is 2.68. The predicted molar refractivity (Wildman–Crippen MR) is 116 cm³/mol. The summed E-state index contributed by atoms with van der Waals surface area (Å²) in [5.41, 5.74) is 1.36. The molecule has 0 spiro atoms. The van der Waals surface area contributed by atoms with Crippen LogP contribution in [0.4, 0.5) is 0 Å². The third-order valence-electron chi connectivity index (χ3n) is 4.56. The van der Waals surface area contributed by atoms with Gasteiger partial charge in [0.05, 0.1) is 6.61 Å². The minimum atomic E-state index is -0.697. The Hall–Kier alpha value is -3.44. The lowest BCUT2D eigenvalue weighted by molar-refractivity contribution is 0.0997. The van der Waals surface area contributed by atoms with Crippen molar-refractivity contribution < 1.29 is 19.7 Å². The number of pyridine rings is 1. The summed E-state index contributed by atoms with van der Waals surface area (Å²) < 4.78 is 11.2. The van der Waals surface area contributed by atoms with Crippen LogP contribution in [-0.2, 0) is 6.42 Å². The Morgan fingerprint density at radius 3 is 2.48 bits per heavy atom. The molecule has 0 bridgehead atoms. The SMILES string of the molecule is N#Cc1cccnc1Oc1ccc(C[C@H](CO)NC[C@H](O)COc2ccccc2)cc1. The molecule has 1 heterocycles. The van der Waals surface area contributed by atoms with E-state index in [-0.39, 0.29) is 25.1 Å². The lowest BCUT2D eigenvalue weighted by Crippen LogP contribution is -2.41. The van der Waals surface area contributed by atoms with E-state index >= 15 is 0 Å². The van der Waals surface area contributed by atoms with Crippen molar-refractivity contribution in [3.05, 3.63) is 84.1 Å². The van der Waals surface area contributed by atoms with Gasteiger partial charge >= 0.3 is 0 Å². The van der Waals surface area contributed by atoms with Crippen molar-refractivity contribution in [3.8, 4) is 23.4 Å². The van der Waals surface area contributed by atoms with Crippen LogP contribution in [0.1, 0.15) is 11.1 Å². The van der Waals surface area contributed by atoms with Crippen molar-refractivity contribution in [1.82, 2.24) is 10.3 Å². The highest BCUT2D eigenvalue weighted by Gasteiger charge is 2.12. The van der Waals surface area contributed by atoms with Gasteiger partial charge in [-0.25, -0.2) is 4.98 Å². The Balaban J connectivity index is 1.47. The normalized spacial score (nSPS) is 12.5. The number of hydrogen-bond acceptors (Lipinski definition) is 7. The Labute approximate surface area is 181 Å². The zero-order chi connectivity index (χ0) is 21.9. The molecule has 2 atom stereocenters. The highest BCUT2D eigenvalue weighted by atomic mass is 16.5. The van der Waals surface area contributed by atoms with Crippen molar-refractivity contribution in [2.24, 2.45) is 0 Å². The van der Waals surface area contributed by atoms with Crippen molar-refractivity contribution in [1.29, 1.82) is 5.26 Å². The fourth-order valence-corrected chi connectivity index (χ4v) is 2.92. The largest absolute Gasteiger partial charge is 0.491 e. The lowest BCUT2D eigenvalue weighted by atomic mass is 10.1. The number of hydrogen-bond donors (Lipinski definition) is 3. The van der Waals surface area contributed by atoms with E-state index in [0.717, 1.165) is 5.56 Å². The summed E-state index contributed by atoms with van der Waals surface area (Å²) in [6.45, 7) is 0.402. The Morgan fingerprint density at radius 1 is 1.00 bits per heavy atom. The average molecular weight is 419 g/mol. The van der Waals surface area contributed by atoms with E-state index in [1.807, 2.05) is 48.5 Å². The molecule has 31 heavy (non-hydrogen) atoms. The summed E-state index contributed by atoms with van der Waals surface area (Å²) in [5.74, 6) is 1.54. The van der Waals surface area contributed by atoms with Gasteiger partial charge in [-0.05, 0) is 48.4 Å². The van der Waals surface area contributed by atoms with Crippen LogP contribution < -0.4 is 14.8 Å². The van der Waals surface area contributed by atoms with Gasteiger partial charge in [-0.15, -0.1) is 0 Å². The van der Waals surface area contributed by atoms with E-state index in [4.69, 9.17) is 14.7 Å². The number of ether oxygens (including phenoxy) is 2. The quantitative estimate of drug-likeness (QED) is 0.439. The number of nitrogens with zero attached hydrogens (tertiary/aromatic N) is 2. The number of rotatable bonds is 11. The molecule has 160 valence electrons. The molecule has 0 unspecified atom stereocenters. The van der Waals surface area contributed by atoms with Gasteiger partial charge in [-0.1, -0.05) is 30.3 Å². The van der Waals surface area contributed by atoms with Gasteiger partial charge in [0, 0.05) is 18.8 Å². The number of para-hydroxylation sites is 1. The molecule has 0 saturated carbocycles. The third kappa shape index (κ3) is 7.08. The van der Waals surface area contributed by atoms with Crippen LogP contribution in [0.15, 0.2) is 72.9 Å². The number of aliphatic hydroxyl groups excluding tert-OH is 2. The second-order valence-electron chi connectivity index (χ2n) is 6.98. The molecule has 7 heteroatoms. The van der Waals surface area contributed by atoms with E-state index in [9.17, 15) is 10.2 Å². The first-order valence-corrected chi connectivity index (χ1v) is 10.00. The average Bonchev–Trinajstić information content (AvgIpc) is 2.82. The van der Waals surface area contributed by atoms with E-state index < -0.39 is 6.10 Å². The minimum absolute atomic E-state index is 0.0655. The van der Waals surface area contributed by atoms with Gasteiger partial charge in [0.15, 0.2) is 0 Å². The van der Waals surface area contributed by atoms with Crippen LogP contribution in [0.25, 0.3) is 0 Å². The standard InChI is InChI=1S/C24H25N3O4/c25-14-19-5-4-12-26-24(19)31-23-10-8-18(9-11-23)13-20(16-28)27-15-21(29)17-30-22-6-2-1-3-7-22/h1-12,20-21,27-29H,13,15-17H2/t20-,21+/m1/s1. The van der Waals surface area contributed by atoms with Crippen LogP contribution >= 0.6 is 0 Å². The number of aliphatic hydroxyl groups is 2. The van der Waals surface area contributed by atoms with Gasteiger partial charge in [0.2, 0.25) is 5.88 Å². The number of nitrogens with one attached hydrogen (secondary N) is 1. The Morgan fingerprint density at radius 2 is 1.77 bits per heavy atom. The second-order valence-corrected chi connectivity index (χ2v) is 6.98. The van der Waals surface area contributed by atoms with Gasteiger partial charge in [0.1, 0.15) is 35.8 Å². The van der Waals surface area contributed by atoms with Crippen molar-refractivity contribution >= 4 is 0 Å².